The molecule has 6 nitrogen and oxygen atoms in total. The van der Waals surface area contributed by atoms with Crippen LogP contribution in [0.3, 0.4) is 0 Å². The number of benzene rings is 1. The maximum absolute atomic E-state index is 12.8. The second-order valence-corrected chi connectivity index (χ2v) is 7.46. The molecule has 1 N–H and O–H groups in total. The highest BCUT2D eigenvalue weighted by Crippen LogP contribution is 2.20. The van der Waals surface area contributed by atoms with Gasteiger partial charge >= 0.3 is 0 Å². The summed E-state index contributed by atoms with van der Waals surface area (Å²) in [5, 5.41) is 11.7. The van der Waals surface area contributed by atoms with E-state index in [1.54, 1.807) is 0 Å². The largest absolute Gasteiger partial charge is 0.352 e. The number of aromatic nitrogens is 4. The van der Waals surface area contributed by atoms with E-state index in [0.717, 1.165) is 47.3 Å². The van der Waals surface area contributed by atoms with Crippen LogP contribution in [0.1, 0.15) is 52.7 Å². The Kier molecular flexibility index (Phi) is 5.28. The fourth-order valence-electron chi connectivity index (χ4n) is 4.08. The minimum atomic E-state index is -0.0362. The van der Waals surface area contributed by atoms with E-state index in [1.807, 2.05) is 38.1 Å². The van der Waals surface area contributed by atoms with Gasteiger partial charge in [0.1, 0.15) is 11.6 Å². The summed E-state index contributed by atoms with van der Waals surface area (Å²) in [5.41, 5.74) is 3.80. The quantitative estimate of drug-likeness (QED) is 0.741. The topological polar surface area (TPSA) is 64.7 Å². The zero-order valence-electron chi connectivity index (χ0n) is 16.6. The Hall–Kier alpha value is -2.89. The Morgan fingerprint density at radius 3 is 2.75 bits per heavy atom. The van der Waals surface area contributed by atoms with E-state index in [4.69, 9.17) is 0 Å². The van der Waals surface area contributed by atoms with Crippen LogP contribution in [-0.4, -0.2) is 31.8 Å². The first-order valence-corrected chi connectivity index (χ1v) is 10.1. The van der Waals surface area contributed by atoms with Crippen LogP contribution in [0.4, 0.5) is 0 Å². The van der Waals surface area contributed by atoms with Gasteiger partial charge in [-0.25, -0.2) is 0 Å². The molecule has 1 aliphatic heterocycles. The molecule has 3 heterocycles. The van der Waals surface area contributed by atoms with Crippen LogP contribution in [0.15, 0.2) is 36.4 Å². The Morgan fingerprint density at radius 1 is 1.11 bits per heavy atom. The van der Waals surface area contributed by atoms with Crippen LogP contribution in [0.25, 0.3) is 5.69 Å². The Morgan fingerprint density at radius 2 is 1.93 bits per heavy atom. The van der Waals surface area contributed by atoms with Gasteiger partial charge in [-0.3, -0.25) is 4.79 Å². The number of nitrogens with zero attached hydrogens (tertiary/aromatic N) is 4. The number of hydrogen-bond donors (Lipinski definition) is 1. The molecular weight excluding hydrogens is 350 g/mol. The fourth-order valence-corrected chi connectivity index (χ4v) is 4.08. The molecule has 1 aliphatic rings. The normalized spacial score (nSPS) is 13.8. The Bertz CT molecular complexity index is 970. The number of nitrogens with one attached hydrogen (secondary N) is 1. The molecule has 1 aromatic carbocycles. The van der Waals surface area contributed by atoms with Crippen LogP contribution >= 0.6 is 0 Å². The molecule has 0 radical (unpaired) electrons. The molecule has 4 rings (SSSR count). The Labute approximate surface area is 165 Å². The minimum Gasteiger partial charge on any atom is -0.352 e. The van der Waals surface area contributed by atoms with Crippen LogP contribution in [0.5, 0.6) is 0 Å². The van der Waals surface area contributed by atoms with Crippen molar-refractivity contribution in [1.82, 2.24) is 24.6 Å². The molecule has 28 heavy (non-hydrogen) atoms. The summed E-state index contributed by atoms with van der Waals surface area (Å²) in [4.78, 5) is 12.8. The first-order valence-electron chi connectivity index (χ1n) is 10.1. The van der Waals surface area contributed by atoms with Crippen molar-refractivity contribution in [3.63, 3.8) is 0 Å². The highest BCUT2D eigenvalue weighted by Gasteiger charge is 2.18. The van der Waals surface area contributed by atoms with E-state index < -0.39 is 0 Å². The van der Waals surface area contributed by atoms with Gasteiger partial charge in [0.05, 0.1) is 5.56 Å². The number of carbonyl (C=O) groups excluding carboxylic acids is 1. The predicted octanol–water partition coefficient (Wildman–Crippen LogP) is 3.38. The van der Waals surface area contributed by atoms with Crippen molar-refractivity contribution >= 4 is 5.91 Å². The molecule has 0 saturated heterocycles. The molecule has 0 unspecified atom stereocenters. The van der Waals surface area contributed by atoms with Gasteiger partial charge in [0.2, 0.25) is 0 Å². The summed E-state index contributed by atoms with van der Waals surface area (Å²) < 4.78 is 4.35. The number of carbonyl (C=O) groups is 1. The number of aryl methyl sites for hydroxylation is 2. The smallest absolute Gasteiger partial charge is 0.253 e. The summed E-state index contributed by atoms with van der Waals surface area (Å²) in [7, 11) is 0. The maximum Gasteiger partial charge on any atom is 0.253 e. The maximum atomic E-state index is 12.8. The molecule has 1 amide bonds. The molecule has 6 heteroatoms. The number of fused-ring (bicyclic) bond motifs is 1. The molecule has 0 bridgehead atoms. The third kappa shape index (κ3) is 3.59. The van der Waals surface area contributed by atoms with Crippen molar-refractivity contribution < 1.29 is 4.79 Å². The monoisotopic (exact) mass is 377 g/mol. The van der Waals surface area contributed by atoms with Crippen molar-refractivity contribution in [2.45, 2.75) is 52.5 Å². The second-order valence-electron chi connectivity index (χ2n) is 7.46. The second kappa shape index (κ2) is 8.00. The van der Waals surface area contributed by atoms with Gasteiger partial charge in [-0.05, 0) is 44.9 Å². The van der Waals surface area contributed by atoms with E-state index in [9.17, 15) is 4.79 Å². The van der Waals surface area contributed by atoms with Gasteiger partial charge in [0.15, 0.2) is 0 Å². The molecule has 146 valence electrons. The lowest BCUT2D eigenvalue weighted by molar-refractivity contribution is 0.0953. The van der Waals surface area contributed by atoms with Crippen molar-refractivity contribution in [1.29, 1.82) is 0 Å². The fraction of sp³-hybridized carbons (Fsp3) is 0.409. The lowest BCUT2D eigenvalue weighted by Gasteiger charge is -2.10. The molecule has 0 atom stereocenters. The summed E-state index contributed by atoms with van der Waals surface area (Å²) in [5.74, 6) is 2.03. The summed E-state index contributed by atoms with van der Waals surface area (Å²) >= 11 is 0. The van der Waals surface area contributed by atoms with E-state index in [1.165, 1.54) is 19.3 Å². The number of hydrogen-bond acceptors (Lipinski definition) is 3. The number of rotatable bonds is 5. The minimum absolute atomic E-state index is 0.0362. The zero-order valence-corrected chi connectivity index (χ0v) is 16.6. The van der Waals surface area contributed by atoms with Gasteiger partial charge in [-0.1, -0.05) is 24.6 Å². The Balaban J connectivity index is 1.43. The number of amides is 1. The number of para-hydroxylation sites is 1. The van der Waals surface area contributed by atoms with Crippen LogP contribution in [-0.2, 0) is 19.4 Å². The summed E-state index contributed by atoms with van der Waals surface area (Å²) in [6.07, 6.45) is 5.32. The van der Waals surface area contributed by atoms with E-state index in [2.05, 4.69) is 36.8 Å². The third-order valence-electron chi connectivity index (χ3n) is 5.51. The van der Waals surface area contributed by atoms with E-state index in [-0.39, 0.29) is 5.91 Å². The average Bonchev–Trinajstić information content (AvgIpc) is 3.12. The molecular formula is C22H27N5O. The van der Waals surface area contributed by atoms with Gasteiger partial charge in [0, 0.05) is 43.0 Å². The van der Waals surface area contributed by atoms with Crippen molar-refractivity contribution in [3.05, 3.63) is 65.0 Å². The predicted molar refractivity (Wildman–Crippen MR) is 109 cm³/mol. The third-order valence-corrected chi connectivity index (χ3v) is 5.51. The highest BCUT2D eigenvalue weighted by molar-refractivity contribution is 5.95. The van der Waals surface area contributed by atoms with Crippen molar-refractivity contribution in [3.8, 4) is 5.69 Å². The van der Waals surface area contributed by atoms with Crippen LogP contribution in [0, 0.1) is 13.8 Å². The lowest BCUT2D eigenvalue weighted by atomic mass is 10.2. The SMILES string of the molecule is Cc1cc(C(=O)NCCc2nnc3n2CCCCC3)c(C)n1-c1ccccc1. The van der Waals surface area contributed by atoms with Gasteiger partial charge in [0.25, 0.3) is 5.91 Å². The van der Waals surface area contributed by atoms with Gasteiger partial charge < -0.3 is 14.5 Å². The lowest BCUT2D eigenvalue weighted by Crippen LogP contribution is -2.27. The molecule has 0 saturated carbocycles. The van der Waals surface area contributed by atoms with Crippen LogP contribution < -0.4 is 5.32 Å². The summed E-state index contributed by atoms with van der Waals surface area (Å²) in [6, 6.07) is 12.1. The van der Waals surface area contributed by atoms with E-state index in [0.29, 0.717) is 13.0 Å². The zero-order chi connectivity index (χ0) is 19.5. The molecule has 0 aliphatic carbocycles. The van der Waals surface area contributed by atoms with Crippen molar-refractivity contribution in [2.24, 2.45) is 0 Å². The van der Waals surface area contributed by atoms with E-state index >= 15 is 0 Å². The first kappa shape index (κ1) is 18.5. The standard InChI is InChI=1S/C22H27N5O/c1-16-15-19(17(2)27(16)18-9-5-3-6-10-18)22(28)23-13-12-21-25-24-20-11-7-4-8-14-26(20)21/h3,5-6,9-10,15H,4,7-8,11-14H2,1-2H3,(H,23,28). The van der Waals surface area contributed by atoms with Crippen molar-refractivity contribution in [2.75, 3.05) is 6.54 Å². The highest BCUT2D eigenvalue weighted by atomic mass is 16.1. The molecule has 2 aromatic heterocycles. The van der Waals surface area contributed by atoms with Gasteiger partial charge in [-0.2, -0.15) is 0 Å². The molecule has 0 fully saturated rings. The average molecular weight is 377 g/mol. The molecule has 3 aromatic rings. The van der Waals surface area contributed by atoms with Gasteiger partial charge in [-0.15, -0.1) is 10.2 Å². The summed E-state index contributed by atoms with van der Waals surface area (Å²) in [6.45, 7) is 5.57. The molecule has 0 spiro atoms. The first-order chi connectivity index (χ1) is 13.6. The van der Waals surface area contributed by atoms with Crippen LogP contribution in [0.2, 0.25) is 0 Å².